The molecule has 0 saturated carbocycles. The van der Waals surface area contributed by atoms with Gasteiger partial charge in [-0.25, -0.2) is 0 Å². The second-order valence-electron chi connectivity index (χ2n) is 0.740. The van der Waals surface area contributed by atoms with Crippen molar-refractivity contribution in [3.8, 4) is 0 Å². The normalized spacial score (nSPS) is 13.7. The fourth-order valence-corrected chi connectivity index (χ4v) is 0.164. The van der Waals surface area contributed by atoms with Gasteiger partial charge in [-0.15, -0.1) is 0 Å². The molecule has 0 aliphatic rings. The second-order valence-corrected chi connectivity index (χ2v) is 2.49. The molecule has 0 heterocycles. The summed E-state index contributed by atoms with van der Waals surface area (Å²) in [6.07, 6.45) is 1.73. The molecule has 0 saturated heterocycles. The Morgan fingerprint density at radius 1 is 1.83 bits per heavy atom. The van der Waals surface area contributed by atoms with Crippen LogP contribution >= 0.6 is 31.9 Å². The summed E-state index contributed by atoms with van der Waals surface area (Å²) >= 11 is 6.07. The third kappa shape index (κ3) is 2.85. The van der Waals surface area contributed by atoms with Crippen molar-refractivity contribution in [2.24, 2.45) is 0 Å². The number of halogens is 2. The lowest BCUT2D eigenvalue weighted by molar-refractivity contribution is 0.556. The molecular weight excluding hydrogens is 212 g/mol. The molecule has 0 bridgehead atoms. The highest BCUT2D eigenvalue weighted by Crippen LogP contribution is 1.97. The molecule has 6 heavy (non-hydrogen) atoms. The number of hydrogen-bond donors (Lipinski definition) is 0. The Labute approximate surface area is 53.4 Å². The molecule has 0 aromatic heterocycles. The van der Waals surface area contributed by atoms with Gasteiger partial charge in [0.1, 0.15) is 0 Å². The molecular formula is C3H3Br2O. The van der Waals surface area contributed by atoms with Crippen LogP contribution in [0.25, 0.3) is 0 Å². The van der Waals surface area contributed by atoms with Gasteiger partial charge in [0.25, 0.3) is 0 Å². The van der Waals surface area contributed by atoms with Gasteiger partial charge in [0.2, 0.25) is 6.29 Å². The van der Waals surface area contributed by atoms with Gasteiger partial charge in [0.15, 0.2) is 0 Å². The van der Waals surface area contributed by atoms with Crippen LogP contribution in [0, 0.1) is 0 Å². The molecule has 0 amide bonds. The van der Waals surface area contributed by atoms with Crippen LogP contribution in [0.15, 0.2) is 0 Å². The van der Waals surface area contributed by atoms with Crippen molar-refractivity contribution in [1.82, 2.24) is 0 Å². The average molecular weight is 215 g/mol. The van der Waals surface area contributed by atoms with Crippen LogP contribution in [-0.2, 0) is 4.79 Å². The first-order valence-electron chi connectivity index (χ1n) is 1.39. The topological polar surface area (TPSA) is 17.1 Å². The average Bonchev–Trinajstić information content (AvgIpc) is 1.65. The Kier molecular flexibility index (Phi) is 4.21. The zero-order valence-electron chi connectivity index (χ0n) is 2.95. The van der Waals surface area contributed by atoms with E-state index in [0.717, 1.165) is 0 Å². The van der Waals surface area contributed by atoms with Crippen LogP contribution in [0.4, 0.5) is 0 Å². The fraction of sp³-hybridized carbons (Fsp3) is 0.667. The maximum absolute atomic E-state index is 9.53. The Hall–Kier alpha value is 0.630. The number of rotatable bonds is 2. The van der Waals surface area contributed by atoms with Crippen LogP contribution in [0.2, 0.25) is 0 Å². The molecule has 0 N–H and O–H groups in total. The highest BCUT2D eigenvalue weighted by molar-refractivity contribution is 9.12. The number of carbonyl (C=O) groups excluding carboxylic acids is 1. The standard InChI is InChI=1S/C3H3Br2O/c4-1-3(5)2-6/h3H,1H2. The summed E-state index contributed by atoms with van der Waals surface area (Å²) in [4.78, 5) is 9.39. The maximum Gasteiger partial charge on any atom is 0.214 e. The third-order valence-corrected chi connectivity index (χ3v) is 2.29. The number of hydrogen-bond acceptors (Lipinski definition) is 1. The van der Waals surface area contributed by atoms with Crippen molar-refractivity contribution in [2.45, 2.75) is 4.83 Å². The van der Waals surface area contributed by atoms with Crippen molar-refractivity contribution in [3.05, 3.63) is 0 Å². The SMILES string of the molecule is O=[C]C(Br)CBr. The first-order valence-corrected chi connectivity index (χ1v) is 3.42. The minimum absolute atomic E-state index is 0.141. The molecule has 0 fully saturated rings. The quantitative estimate of drug-likeness (QED) is 0.633. The van der Waals surface area contributed by atoms with E-state index in [9.17, 15) is 4.79 Å². The van der Waals surface area contributed by atoms with Crippen molar-refractivity contribution in [3.63, 3.8) is 0 Å². The lowest BCUT2D eigenvalue weighted by Crippen LogP contribution is -1.97. The maximum atomic E-state index is 9.53. The van der Waals surface area contributed by atoms with Crippen molar-refractivity contribution < 1.29 is 4.79 Å². The van der Waals surface area contributed by atoms with Gasteiger partial charge < -0.3 is 0 Å². The molecule has 1 atom stereocenters. The molecule has 0 aromatic rings. The monoisotopic (exact) mass is 213 g/mol. The van der Waals surface area contributed by atoms with Crippen LogP contribution in [0.5, 0.6) is 0 Å². The van der Waals surface area contributed by atoms with E-state index in [1.165, 1.54) is 0 Å². The fourth-order valence-electron chi connectivity index (χ4n) is 0.0315. The molecule has 0 aromatic carbocycles. The summed E-state index contributed by atoms with van der Waals surface area (Å²) in [5.74, 6) is 0. The van der Waals surface area contributed by atoms with Gasteiger partial charge in [0.05, 0.1) is 4.83 Å². The largest absolute Gasteiger partial charge is 0.290 e. The van der Waals surface area contributed by atoms with E-state index < -0.39 is 0 Å². The molecule has 0 aliphatic heterocycles. The van der Waals surface area contributed by atoms with Crippen molar-refractivity contribution in [1.29, 1.82) is 0 Å². The zero-order chi connectivity index (χ0) is 4.99. The van der Waals surface area contributed by atoms with Gasteiger partial charge in [-0.2, -0.15) is 0 Å². The summed E-state index contributed by atoms with van der Waals surface area (Å²) < 4.78 is 0. The minimum atomic E-state index is -0.141. The lowest BCUT2D eigenvalue weighted by atomic mass is 10.6. The highest BCUT2D eigenvalue weighted by atomic mass is 79.9. The van der Waals surface area contributed by atoms with Crippen LogP contribution < -0.4 is 0 Å². The molecule has 0 rings (SSSR count). The molecule has 1 radical (unpaired) electrons. The number of alkyl halides is 2. The van der Waals surface area contributed by atoms with Crippen LogP contribution in [0.3, 0.4) is 0 Å². The third-order valence-electron chi connectivity index (χ3n) is 0.263. The Morgan fingerprint density at radius 3 is 2.33 bits per heavy atom. The summed E-state index contributed by atoms with van der Waals surface area (Å²) in [7, 11) is 0. The van der Waals surface area contributed by atoms with Gasteiger partial charge >= 0.3 is 0 Å². The summed E-state index contributed by atoms with van der Waals surface area (Å²) in [5, 5.41) is 0.635. The Morgan fingerprint density at radius 2 is 2.33 bits per heavy atom. The summed E-state index contributed by atoms with van der Waals surface area (Å²) in [6, 6.07) is 0. The summed E-state index contributed by atoms with van der Waals surface area (Å²) in [6.45, 7) is 0. The van der Waals surface area contributed by atoms with Crippen LogP contribution in [0.1, 0.15) is 0 Å². The highest BCUT2D eigenvalue weighted by Gasteiger charge is 1.95. The first kappa shape index (κ1) is 6.63. The Balaban J connectivity index is 2.96. The molecule has 0 spiro atoms. The second kappa shape index (κ2) is 3.81. The first-order chi connectivity index (χ1) is 2.81. The summed E-state index contributed by atoms with van der Waals surface area (Å²) in [5.41, 5.74) is 0. The van der Waals surface area contributed by atoms with Crippen molar-refractivity contribution >= 4 is 38.1 Å². The molecule has 3 heteroatoms. The van der Waals surface area contributed by atoms with E-state index >= 15 is 0 Å². The van der Waals surface area contributed by atoms with E-state index in [-0.39, 0.29) is 4.83 Å². The van der Waals surface area contributed by atoms with E-state index in [1.54, 1.807) is 6.29 Å². The van der Waals surface area contributed by atoms with E-state index in [4.69, 9.17) is 0 Å². The predicted octanol–water partition coefficient (Wildman–Crippen LogP) is 1.25. The molecule has 35 valence electrons. The van der Waals surface area contributed by atoms with Crippen LogP contribution in [-0.4, -0.2) is 16.4 Å². The zero-order valence-corrected chi connectivity index (χ0v) is 6.12. The van der Waals surface area contributed by atoms with E-state index in [1.807, 2.05) is 0 Å². The lowest BCUT2D eigenvalue weighted by Gasteiger charge is -1.83. The molecule has 1 unspecified atom stereocenters. The predicted molar refractivity (Wildman–Crippen MR) is 32.2 cm³/mol. The van der Waals surface area contributed by atoms with Gasteiger partial charge in [-0.05, 0) is 0 Å². The Bertz CT molecular complexity index is 46.1. The van der Waals surface area contributed by atoms with Gasteiger partial charge in [0, 0.05) is 5.33 Å². The van der Waals surface area contributed by atoms with Crippen molar-refractivity contribution in [2.75, 3.05) is 5.33 Å². The van der Waals surface area contributed by atoms with E-state index in [2.05, 4.69) is 31.9 Å². The smallest absolute Gasteiger partial charge is 0.214 e. The molecule has 0 aliphatic carbocycles. The van der Waals surface area contributed by atoms with Gasteiger partial charge in [-0.1, -0.05) is 31.9 Å². The van der Waals surface area contributed by atoms with E-state index in [0.29, 0.717) is 5.33 Å². The van der Waals surface area contributed by atoms with Gasteiger partial charge in [-0.3, -0.25) is 4.79 Å². The molecule has 1 nitrogen and oxygen atoms in total. The minimum Gasteiger partial charge on any atom is -0.290 e.